The van der Waals surface area contributed by atoms with Crippen LogP contribution in [0.25, 0.3) is 6.08 Å². The van der Waals surface area contributed by atoms with Crippen molar-refractivity contribution in [2.24, 2.45) is 0 Å². The van der Waals surface area contributed by atoms with Crippen molar-refractivity contribution in [2.75, 3.05) is 13.1 Å². The highest BCUT2D eigenvalue weighted by Crippen LogP contribution is 2.23. The van der Waals surface area contributed by atoms with E-state index in [2.05, 4.69) is 25.8 Å². The molecule has 2 amide bonds. The summed E-state index contributed by atoms with van der Waals surface area (Å²) in [6.07, 6.45) is 9.52. The first-order chi connectivity index (χ1) is 11.1. The van der Waals surface area contributed by atoms with Crippen molar-refractivity contribution in [3.05, 3.63) is 67.2 Å². The van der Waals surface area contributed by atoms with E-state index < -0.39 is 5.50 Å². The molecule has 6 heteroatoms. The molecule has 120 valence electrons. The zero-order valence-electron chi connectivity index (χ0n) is 12.6. The second kappa shape index (κ2) is 7.69. The standard InChI is InChI=1S/C17H18N2O3S/c1-3-10-18-15(20)14(9-5-7-13-8-6-12-22-13)16(21)19(11-4-2)17(18)23/h3-9,12,17,23H,1-2,10-11H2/b7-5+,14-9?. The van der Waals surface area contributed by atoms with E-state index in [-0.39, 0.29) is 17.4 Å². The van der Waals surface area contributed by atoms with Gasteiger partial charge in [-0.25, -0.2) is 0 Å². The Morgan fingerprint density at radius 2 is 1.78 bits per heavy atom. The lowest BCUT2D eigenvalue weighted by Gasteiger charge is -2.40. The summed E-state index contributed by atoms with van der Waals surface area (Å²) in [4.78, 5) is 27.9. The fourth-order valence-electron chi connectivity index (χ4n) is 2.18. The first-order valence-electron chi connectivity index (χ1n) is 7.03. The van der Waals surface area contributed by atoms with Crippen molar-refractivity contribution >= 4 is 30.5 Å². The number of amides is 2. The average molecular weight is 330 g/mol. The Balaban J connectivity index is 2.31. The van der Waals surface area contributed by atoms with Crippen LogP contribution in [-0.2, 0) is 9.59 Å². The molecule has 1 aromatic heterocycles. The lowest BCUT2D eigenvalue weighted by Crippen LogP contribution is -2.57. The Bertz CT molecular complexity index is 629. The molecule has 0 spiro atoms. The van der Waals surface area contributed by atoms with Crippen LogP contribution in [0.5, 0.6) is 0 Å². The van der Waals surface area contributed by atoms with Crippen LogP contribution < -0.4 is 0 Å². The lowest BCUT2D eigenvalue weighted by atomic mass is 10.1. The quantitative estimate of drug-likeness (QED) is 0.377. The highest BCUT2D eigenvalue weighted by molar-refractivity contribution is 7.80. The van der Waals surface area contributed by atoms with Crippen LogP contribution in [0.15, 0.2) is 65.8 Å². The van der Waals surface area contributed by atoms with E-state index in [0.29, 0.717) is 18.8 Å². The Kier molecular flexibility index (Phi) is 5.65. The smallest absolute Gasteiger partial charge is 0.262 e. The molecule has 2 rings (SSSR count). The van der Waals surface area contributed by atoms with Crippen LogP contribution in [0, 0.1) is 0 Å². The van der Waals surface area contributed by atoms with Crippen LogP contribution in [0.1, 0.15) is 5.76 Å². The Labute approximate surface area is 140 Å². The van der Waals surface area contributed by atoms with Gasteiger partial charge in [0.05, 0.1) is 6.26 Å². The van der Waals surface area contributed by atoms with E-state index >= 15 is 0 Å². The summed E-state index contributed by atoms with van der Waals surface area (Å²) in [5.41, 5.74) is -0.570. The summed E-state index contributed by atoms with van der Waals surface area (Å²) < 4.78 is 5.17. The molecule has 0 atom stereocenters. The third kappa shape index (κ3) is 3.65. The summed E-state index contributed by atoms with van der Waals surface area (Å²) in [6.45, 7) is 7.87. The molecule has 1 aliphatic rings. The molecule has 1 saturated heterocycles. The molecule has 0 N–H and O–H groups in total. The monoisotopic (exact) mass is 330 g/mol. The lowest BCUT2D eigenvalue weighted by molar-refractivity contribution is -0.144. The van der Waals surface area contributed by atoms with Crippen LogP contribution in [0.2, 0.25) is 0 Å². The number of hydrogen-bond donors (Lipinski definition) is 1. The summed E-state index contributed by atoms with van der Waals surface area (Å²) in [6, 6.07) is 3.53. The molecule has 0 radical (unpaired) electrons. The van der Waals surface area contributed by atoms with E-state index in [1.54, 1.807) is 42.7 Å². The molecule has 0 aromatic carbocycles. The number of carbonyl (C=O) groups excluding carboxylic acids is 2. The molecule has 2 heterocycles. The van der Waals surface area contributed by atoms with Gasteiger partial charge < -0.3 is 14.2 Å². The summed E-state index contributed by atoms with van der Waals surface area (Å²) in [5, 5.41) is 0. The van der Waals surface area contributed by atoms with Gasteiger partial charge in [0.1, 0.15) is 11.3 Å². The molecule has 1 aromatic rings. The first kappa shape index (κ1) is 16.9. The summed E-state index contributed by atoms with van der Waals surface area (Å²) in [5.74, 6) is -0.117. The number of thiol groups is 1. The molecule has 0 aliphatic carbocycles. The molecule has 0 saturated carbocycles. The van der Waals surface area contributed by atoms with Crippen molar-refractivity contribution in [3.8, 4) is 0 Å². The number of rotatable bonds is 6. The molecule has 1 aliphatic heterocycles. The Morgan fingerprint density at radius 1 is 1.17 bits per heavy atom. The van der Waals surface area contributed by atoms with Crippen LogP contribution >= 0.6 is 12.6 Å². The molecular weight excluding hydrogens is 312 g/mol. The maximum absolute atomic E-state index is 12.5. The Hall–Kier alpha value is -2.47. The molecule has 0 bridgehead atoms. The predicted molar refractivity (Wildman–Crippen MR) is 92.4 cm³/mol. The van der Waals surface area contributed by atoms with E-state index in [1.807, 2.05) is 0 Å². The fraction of sp³-hybridized carbons (Fsp3) is 0.176. The third-order valence-electron chi connectivity index (χ3n) is 3.26. The van der Waals surface area contributed by atoms with Crippen molar-refractivity contribution in [1.29, 1.82) is 0 Å². The number of hydrogen-bond acceptors (Lipinski definition) is 4. The van der Waals surface area contributed by atoms with E-state index in [4.69, 9.17) is 4.42 Å². The molecule has 1 fully saturated rings. The highest BCUT2D eigenvalue weighted by atomic mass is 32.1. The minimum Gasteiger partial charge on any atom is -0.465 e. The number of allylic oxidation sites excluding steroid dienone is 2. The van der Waals surface area contributed by atoms with Gasteiger partial charge in [0.2, 0.25) is 0 Å². The van der Waals surface area contributed by atoms with Crippen molar-refractivity contribution in [3.63, 3.8) is 0 Å². The minimum atomic E-state index is -0.641. The zero-order valence-corrected chi connectivity index (χ0v) is 13.5. The van der Waals surface area contributed by atoms with E-state index in [0.717, 1.165) is 0 Å². The summed E-state index contributed by atoms with van der Waals surface area (Å²) >= 11 is 4.37. The van der Waals surface area contributed by atoms with Gasteiger partial charge in [-0.05, 0) is 24.3 Å². The number of carbonyl (C=O) groups is 2. The average Bonchev–Trinajstić information content (AvgIpc) is 3.05. The van der Waals surface area contributed by atoms with Crippen LogP contribution in [0.4, 0.5) is 0 Å². The van der Waals surface area contributed by atoms with Crippen molar-refractivity contribution in [1.82, 2.24) is 9.80 Å². The maximum atomic E-state index is 12.5. The maximum Gasteiger partial charge on any atom is 0.262 e. The van der Waals surface area contributed by atoms with Gasteiger partial charge in [-0.2, -0.15) is 0 Å². The topological polar surface area (TPSA) is 53.8 Å². The van der Waals surface area contributed by atoms with Gasteiger partial charge in [0.15, 0.2) is 5.50 Å². The Morgan fingerprint density at radius 3 is 2.26 bits per heavy atom. The third-order valence-corrected chi connectivity index (χ3v) is 3.82. The number of nitrogens with zero attached hydrogens (tertiary/aromatic N) is 2. The molecule has 5 nitrogen and oxygen atoms in total. The second-order valence-corrected chi connectivity index (χ2v) is 5.26. The van der Waals surface area contributed by atoms with Crippen LogP contribution in [-0.4, -0.2) is 40.2 Å². The first-order valence-corrected chi connectivity index (χ1v) is 7.55. The van der Waals surface area contributed by atoms with Crippen LogP contribution in [0.3, 0.4) is 0 Å². The SMILES string of the molecule is C=CCN1C(=O)C(=C/C=C/c2ccco2)C(=O)N(CC=C)C1S. The largest absolute Gasteiger partial charge is 0.465 e. The normalized spacial score (nSPS) is 18.7. The second-order valence-electron chi connectivity index (χ2n) is 4.79. The van der Waals surface area contributed by atoms with E-state index in [1.165, 1.54) is 15.9 Å². The molecule has 0 unspecified atom stereocenters. The van der Waals surface area contributed by atoms with E-state index in [9.17, 15) is 9.59 Å². The molecule has 23 heavy (non-hydrogen) atoms. The van der Waals surface area contributed by atoms with Crippen molar-refractivity contribution in [2.45, 2.75) is 5.50 Å². The minimum absolute atomic E-state index is 0.0711. The van der Waals surface area contributed by atoms with Gasteiger partial charge in [0, 0.05) is 13.1 Å². The van der Waals surface area contributed by atoms with Gasteiger partial charge in [-0.15, -0.1) is 25.8 Å². The highest BCUT2D eigenvalue weighted by Gasteiger charge is 2.39. The van der Waals surface area contributed by atoms with Gasteiger partial charge in [-0.1, -0.05) is 18.2 Å². The van der Waals surface area contributed by atoms with Gasteiger partial charge in [0.25, 0.3) is 11.8 Å². The zero-order chi connectivity index (χ0) is 16.8. The van der Waals surface area contributed by atoms with Gasteiger partial charge in [-0.3, -0.25) is 9.59 Å². The predicted octanol–water partition coefficient (Wildman–Crippen LogP) is 2.48. The van der Waals surface area contributed by atoms with Crippen molar-refractivity contribution < 1.29 is 14.0 Å². The molecular formula is C17H18N2O3S. The number of furan rings is 1. The van der Waals surface area contributed by atoms with Gasteiger partial charge >= 0.3 is 0 Å². The summed E-state index contributed by atoms with van der Waals surface area (Å²) in [7, 11) is 0. The fourth-order valence-corrected chi connectivity index (χ4v) is 2.58.